The summed E-state index contributed by atoms with van der Waals surface area (Å²) in [5, 5.41) is 9.25. The van der Waals surface area contributed by atoms with Crippen LogP contribution in [0.15, 0.2) is 41.3 Å². The molecule has 0 radical (unpaired) electrons. The average molecular weight is 385 g/mol. The summed E-state index contributed by atoms with van der Waals surface area (Å²) in [5.74, 6) is -1.17. The first-order chi connectivity index (χ1) is 12.2. The zero-order chi connectivity index (χ0) is 19.3. The van der Waals surface area contributed by atoms with Gasteiger partial charge in [0.05, 0.1) is 4.90 Å². The van der Waals surface area contributed by atoms with Crippen molar-refractivity contribution in [1.29, 1.82) is 0 Å². The fraction of sp³-hybridized carbons (Fsp3) is 0.375. The molecule has 1 unspecified atom stereocenters. The molecule has 1 aliphatic heterocycles. The molecule has 0 bridgehead atoms. The SMILES string of the molecule is CC(=O)OC[C@H]1OC(NS(=O)(=O)c2ccc(O)cc2)C=C[C@@H]1OC(C)=O. The number of nitrogens with one attached hydrogen (secondary N) is 1. The largest absolute Gasteiger partial charge is 0.508 e. The summed E-state index contributed by atoms with van der Waals surface area (Å²) >= 11 is 0. The van der Waals surface area contributed by atoms with Crippen LogP contribution in [-0.2, 0) is 33.8 Å². The number of phenolic OH excluding ortho intramolecular Hbond substituents is 1. The molecule has 0 saturated carbocycles. The third kappa shape index (κ3) is 5.55. The van der Waals surface area contributed by atoms with Crippen LogP contribution in [0.1, 0.15) is 13.8 Å². The van der Waals surface area contributed by atoms with Crippen LogP contribution in [0.25, 0.3) is 0 Å². The van der Waals surface area contributed by atoms with Crippen molar-refractivity contribution in [2.24, 2.45) is 0 Å². The van der Waals surface area contributed by atoms with Crippen LogP contribution in [0.5, 0.6) is 5.75 Å². The van der Waals surface area contributed by atoms with Crippen molar-refractivity contribution in [1.82, 2.24) is 4.72 Å². The van der Waals surface area contributed by atoms with Gasteiger partial charge >= 0.3 is 11.9 Å². The highest BCUT2D eigenvalue weighted by Crippen LogP contribution is 2.19. The lowest BCUT2D eigenvalue weighted by Crippen LogP contribution is -2.47. The minimum Gasteiger partial charge on any atom is -0.508 e. The van der Waals surface area contributed by atoms with E-state index in [1.165, 1.54) is 50.3 Å². The second-order valence-corrected chi connectivity index (χ2v) is 7.19. The lowest BCUT2D eigenvalue weighted by Gasteiger charge is -2.31. The zero-order valence-corrected chi connectivity index (χ0v) is 14.9. The molecular formula is C16H19NO8S. The highest BCUT2D eigenvalue weighted by Gasteiger charge is 2.32. The molecule has 26 heavy (non-hydrogen) atoms. The molecule has 2 N–H and O–H groups in total. The van der Waals surface area contributed by atoms with E-state index in [9.17, 15) is 23.1 Å². The van der Waals surface area contributed by atoms with Gasteiger partial charge in [-0.1, -0.05) is 0 Å². The molecule has 10 heteroatoms. The second kappa shape index (κ2) is 8.30. The van der Waals surface area contributed by atoms with Gasteiger partial charge in [-0.25, -0.2) is 8.42 Å². The van der Waals surface area contributed by atoms with Crippen LogP contribution in [0.2, 0.25) is 0 Å². The van der Waals surface area contributed by atoms with Crippen molar-refractivity contribution in [2.45, 2.75) is 37.2 Å². The number of hydrogen-bond acceptors (Lipinski definition) is 8. The molecule has 0 fully saturated rings. The van der Waals surface area contributed by atoms with E-state index in [1.54, 1.807) is 0 Å². The Morgan fingerprint density at radius 2 is 1.81 bits per heavy atom. The van der Waals surface area contributed by atoms with Crippen molar-refractivity contribution >= 4 is 22.0 Å². The fourth-order valence-electron chi connectivity index (χ4n) is 2.20. The van der Waals surface area contributed by atoms with E-state index < -0.39 is 40.4 Å². The Morgan fingerprint density at radius 3 is 2.38 bits per heavy atom. The van der Waals surface area contributed by atoms with Gasteiger partial charge in [0.1, 0.15) is 30.8 Å². The lowest BCUT2D eigenvalue weighted by atomic mass is 10.1. The van der Waals surface area contributed by atoms with Crippen molar-refractivity contribution < 1.29 is 37.3 Å². The van der Waals surface area contributed by atoms with Gasteiger partial charge in [-0.3, -0.25) is 9.59 Å². The Hall–Kier alpha value is -2.43. The standard InChI is InChI=1S/C16H19NO8S/c1-10(18)23-9-15-14(24-11(2)19)7-8-16(25-15)17-26(21,22)13-5-3-12(20)4-6-13/h3-8,14-17,20H,9H2,1-2H3/t14-,15+,16?/m0/s1. The highest BCUT2D eigenvalue weighted by atomic mass is 32.2. The van der Waals surface area contributed by atoms with Crippen LogP contribution < -0.4 is 4.72 Å². The molecular weight excluding hydrogens is 366 g/mol. The Kier molecular flexibility index (Phi) is 6.35. The van der Waals surface area contributed by atoms with Gasteiger partial charge in [0.2, 0.25) is 10.0 Å². The predicted octanol–water partition coefficient (Wildman–Crippen LogP) is 0.446. The van der Waals surface area contributed by atoms with Gasteiger partial charge in [-0.2, -0.15) is 4.72 Å². The lowest BCUT2D eigenvalue weighted by molar-refractivity contribution is -0.163. The van der Waals surface area contributed by atoms with Gasteiger partial charge in [0, 0.05) is 13.8 Å². The first kappa shape index (κ1) is 19.9. The highest BCUT2D eigenvalue weighted by molar-refractivity contribution is 7.89. The topological polar surface area (TPSA) is 128 Å². The number of ether oxygens (including phenoxy) is 3. The third-order valence-electron chi connectivity index (χ3n) is 3.33. The number of hydrogen-bond donors (Lipinski definition) is 2. The number of carbonyl (C=O) groups is 2. The summed E-state index contributed by atoms with van der Waals surface area (Å²) in [6, 6.07) is 4.96. The number of esters is 2. The maximum absolute atomic E-state index is 12.4. The third-order valence-corrected chi connectivity index (χ3v) is 4.77. The molecule has 1 aromatic carbocycles. The summed E-state index contributed by atoms with van der Waals surface area (Å²) in [6.45, 7) is 2.22. The molecule has 1 heterocycles. The predicted molar refractivity (Wildman–Crippen MR) is 88.4 cm³/mol. The first-order valence-electron chi connectivity index (χ1n) is 7.63. The Bertz CT molecular complexity index is 787. The molecule has 0 saturated heterocycles. The molecule has 142 valence electrons. The van der Waals surface area contributed by atoms with E-state index in [-0.39, 0.29) is 17.3 Å². The number of carbonyl (C=O) groups excluding carboxylic acids is 2. The first-order valence-corrected chi connectivity index (χ1v) is 9.11. The maximum Gasteiger partial charge on any atom is 0.303 e. The number of phenols is 1. The minimum absolute atomic E-state index is 0.0639. The molecule has 0 spiro atoms. The van der Waals surface area contributed by atoms with Crippen LogP contribution in [0.4, 0.5) is 0 Å². The van der Waals surface area contributed by atoms with E-state index in [0.29, 0.717) is 0 Å². The molecule has 9 nitrogen and oxygen atoms in total. The molecule has 2 rings (SSSR count). The van der Waals surface area contributed by atoms with Crippen molar-refractivity contribution in [3.8, 4) is 5.75 Å². The smallest absolute Gasteiger partial charge is 0.303 e. The summed E-state index contributed by atoms with van der Waals surface area (Å²) < 4.78 is 42.5. The van der Waals surface area contributed by atoms with E-state index in [4.69, 9.17) is 14.2 Å². The van der Waals surface area contributed by atoms with Gasteiger partial charge in [-0.15, -0.1) is 0 Å². The normalized spacial score (nSPS) is 22.6. The zero-order valence-electron chi connectivity index (χ0n) is 14.1. The molecule has 1 aliphatic rings. The van der Waals surface area contributed by atoms with E-state index >= 15 is 0 Å². The van der Waals surface area contributed by atoms with Crippen LogP contribution in [0.3, 0.4) is 0 Å². The Labute approximate surface area is 150 Å². The van der Waals surface area contributed by atoms with E-state index in [0.717, 1.165) is 0 Å². The number of benzene rings is 1. The summed E-state index contributed by atoms with van der Waals surface area (Å²) in [5.41, 5.74) is 0. The Balaban J connectivity index is 2.12. The number of rotatable bonds is 6. The van der Waals surface area contributed by atoms with Crippen LogP contribution >= 0.6 is 0 Å². The van der Waals surface area contributed by atoms with Gasteiger partial charge in [0.15, 0.2) is 0 Å². The maximum atomic E-state index is 12.4. The van der Waals surface area contributed by atoms with Crippen molar-refractivity contribution in [2.75, 3.05) is 6.61 Å². The van der Waals surface area contributed by atoms with Crippen molar-refractivity contribution in [3.63, 3.8) is 0 Å². The second-order valence-electron chi connectivity index (χ2n) is 5.47. The molecule has 0 amide bonds. The van der Waals surface area contributed by atoms with E-state index in [1.807, 2.05) is 0 Å². The monoisotopic (exact) mass is 385 g/mol. The van der Waals surface area contributed by atoms with Gasteiger partial charge in [-0.05, 0) is 36.4 Å². The van der Waals surface area contributed by atoms with Crippen LogP contribution in [-0.4, -0.2) is 50.5 Å². The summed E-state index contributed by atoms with van der Waals surface area (Å²) in [4.78, 5) is 22.1. The number of sulfonamides is 1. The van der Waals surface area contributed by atoms with Crippen LogP contribution in [0, 0.1) is 0 Å². The average Bonchev–Trinajstić information content (AvgIpc) is 2.54. The minimum atomic E-state index is -3.92. The van der Waals surface area contributed by atoms with Gasteiger partial charge < -0.3 is 19.3 Å². The quantitative estimate of drug-likeness (QED) is 0.533. The Morgan fingerprint density at radius 1 is 1.15 bits per heavy atom. The van der Waals surface area contributed by atoms with E-state index in [2.05, 4.69) is 4.72 Å². The van der Waals surface area contributed by atoms with Crippen molar-refractivity contribution in [3.05, 3.63) is 36.4 Å². The molecule has 1 aromatic rings. The van der Waals surface area contributed by atoms with Gasteiger partial charge in [0.25, 0.3) is 0 Å². The molecule has 3 atom stereocenters. The summed E-state index contributed by atoms with van der Waals surface area (Å²) in [6.07, 6.45) is 0.0987. The molecule has 0 aromatic heterocycles. The fourth-order valence-corrected chi connectivity index (χ4v) is 3.27. The molecule has 0 aliphatic carbocycles. The number of aromatic hydroxyl groups is 1. The summed E-state index contributed by atoms with van der Waals surface area (Å²) in [7, 11) is -3.92.